The van der Waals surface area contributed by atoms with Crippen molar-refractivity contribution >= 4 is 21.4 Å². The van der Waals surface area contributed by atoms with Crippen LogP contribution in [0.1, 0.15) is 5.82 Å². The normalized spacial score (nSPS) is 11.1. The summed E-state index contributed by atoms with van der Waals surface area (Å²) in [5, 5.41) is 8.11. The summed E-state index contributed by atoms with van der Waals surface area (Å²) in [4.78, 5) is 5.35. The van der Waals surface area contributed by atoms with Gasteiger partial charge < -0.3 is 9.84 Å². The molecule has 2 heterocycles. The summed E-state index contributed by atoms with van der Waals surface area (Å²) in [6.45, 7) is 0.619. The quantitative estimate of drug-likeness (QED) is 0.770. The molecule has 0 aliphatic heterocycles. The van der Waals surface area contributed by atoms with Crippen LogP contribution in [0.5, 0.6) is 0 Å². The highest BCUT2D eigenvalue weighted by Crippen LogP contribution is 2.32. The van der Waals surface area contributed by atoms with E-state index in [0.717, 1.165) is 4.88 Å². The molecule has 1 N–H and O–H groups in total. The monoisotopic (exact) mass is 245 g/mol. The summed E-state index contributed by atoms with van der Waals surface area (Å²) in [6.07, 6.45) is 0. The Kier molecular flexibility index (Phi) is 2.62. The Bertz CT molecular complexity index is 611. The van der Waals surface area contributed by atoms with Crippen molar-refractivity contribution in [3.05, 3.63) is 36.2 Å². The second-order valence-corrected chi connectivity index (χ2v) is 4.78. The standard InChI is InChI=1S/C12H11N3OS/c1-13-7-11-14-12(16-15-11)10-6-8-4-2-3-5-9(8)17-10/h2-6,13H,7H2,1H3. The van der Waals surface area contributed by atoms with Gasteiger partial charge in [-0.3, -0.25) is 0 Å². The van der Waals surface area contributed by atoms with Gasteiger partial charge in [0.2, 0.25) is 0 Å². The zero-order valence-corrected chi connectivity index (χ0v) is 10.1. The summed E-state index contributed by atoms with van der Waals surface area (Å²) in [7, 11) is 1.86. The molecule has 0 saturated heterocycles. The van der Waals surface area contributed by atoms with Gasteiger partial charge in [-0.2, -0.15) is 4.98 Å². The molecule has 0 amide bonds. The fourth-order valence-corrected chi connectivity index (χ4v) is 2.66. The zero-order valence-electron chi connectivity index (χ0n) is 9.30. The molecular formula is C12H11N3OS. The zero-order chi connectivity index (χ0) is 11.7. The molecule has 0 bridgehead atoms. The largest absolute Gasteiger partial charge is 0.333 e. The van der Waals surface area contributed by atoms with Crippen molar-refractivity contribution in [3.63, 3.8) is 0 Å². The molecule has 3 aromatic rings. The highest BCUT2D eigenvalue weighted by atomic mass is 32.1. The van der Waals surface area contributed by atoms with Gasteiger partial charge in [-0.05, 0) is 24.6 Å². The molecule has 3 rings (SSSR count). The average molecular weight is 245 g/mol. The summed E-state index contributed by atoms with van der Waals surface area (Å²) in [5.41, 5.74) is 0. The van der Waals surface area contributed by atoms with Gasteiger partial charge in [0, 0.05) is 4.70 Å². The number of rotatable bonds is 3. The molecule has 86 valence electrons. The summed E-state index contributed by atoms with van der Waals surface area (Å²) < 4.78 is 6.47. The number of aromatic nitrogens is 2. The van der Waals surface area contributed by atoms with Gasteiger partial charge in [0.15, 0.2) is 5.82 Å². The second kappa shape index (κ2) is 4.27. The Morgan fingerprint density at radius 3 is 3.06 bits per heavy atom. The van der Waals surface area contributed by atoms with Gasteiger partial charge in [0.25, 0.3) is 5.89 Å². The molecule has 0 radical (unpaired) electrons. The van der Waals surface area contributed by atoms with E-state index in [4.69, 9.17) is 4.52 Å². The van der Waals surface area contributed by atoms with E-state index in [1.807, 2.05) is 19.2 Å². The SMILES string of the molecule is CNCc1noc(-c2cc3ccccc3s2)n1. The first-order valence-corrected chi connectivity index (χ1v) is 6.14. The van der Waals surface area contributed by atoms with Crippen LogP contribution in [0.15, 0.2) is 34.9 Å². The average Bonchev–Trinajstić information content (AvgIpc) is 2.94. The third kappa shape index (κ3) is 1.94. The number of thiophene rings is 1. The number of fused-ring (bicyclic) bond motifs is 1. The molecule has 0 unspecified atom stereocenters. The lowest BCUT2D eigenvalue weighted by Crippen LogP contribution is -2.06. The second-order valence-electron chi connectivity index (χ2n) is 3.69. The highest BCUT2D eigenvalue weighted by Gasteiger charge is 2.11. The molecule has 0 atom stereocenters. The predicted octanol–water partition coefficient (Wildman–Crippen LogP) is 2.67. The summed E-state index contributed by atoms with van der Waals surface area (Å²) >= 11 is 1.67. The molecule has 0 fully saturated rings. The van der Waals surface area contributed by atoms with Crippen LogP contribution in [0.4, 0.5) is 0 Å². The van der Waals surface area contributed by atoms with Crippen molar-refractivity contribution in [1.29, 1.82) is 0 Å². The van der Waals surface area contributed by atoms with Crippen molar-refractivity contribution in [2.75, 3.05) is 7.05 Å². The summed E-state index contributed by atoms with van der Waals surface area (Å²) in [6, 6.07) is 10.3. The van der Waals surface area contributed by atoms with E-state index in [-0.39, 0.29) is 0 Å². The van der Waals surface area contributed by atoms with Crippen LogP contribution in [0.25, 0.3) is 20.9 Å². The molecule has 2 aromatic heterocycles. The number of benzene rings is 1. The lowest BCUT2D eigenvalue weighted by molar-refractivity contribution is 0.421. The van der Waals surface area contributed by atoms with E-state index in [9.17, 15) is 0 Å². The maximum Gasteiger partial charge on any atom is 0.268 e. The lowest BCUT2D eigenvalue weighted by Gasteiger charge is -1.86. The predicted molar refractivity (Wildman–Crippen MR) is 67.9 cm³/mol. The topological polar surface area (TPSA) is 51.0 Å². The van der Waals surface area contributed by atoms with Crippen molar-refractivity contribution in [1.82, 2.24) is 15.5 Å². The van der Waals surface area contributed by atoms with E-state index in [0.29, 0.717) is 18.3 Å². The first-order chi connectivity index (χ1) is 8.36. The van der Waals surface area contributed by atoms with Crippen LogP contribution < -0.4 is 5.32 Å². The lowest BCUT2D eigenvalue weighted by atomic mass is 10.2. The van der Waals surface area contributed by atoms with Crippen molar-refractivity contribution < 1.29 is 4.52 Å². The van der Waals surface area contributed by atoms with Crippen LogP contribution in [0, 0.1) is 0 Å². The number of nitrogens with zero attached hydrogens (tertiary/aromatic N) is 2. The molecule has 0 aliphatic rings. The fraction of sp³-hybridized carbons (Fsp3) is 0.167. The highest BCUT2D eigenvalue weighted by molar-refractivity contribution is 7.22. The van der Waals surface area contributed by atoms with Crippen LogP contribution in [-0.4, -0.2) is 17.2 Å². The summed E-state index contributed by atoms with van der Waals surface area (Å²) in [5.74, 6) is 1.27. The fourth-order valence-electron chi connectivity index (χ4n) is 1.67. The van der Waals surface area contributed by atoms with Crippen LogP contribution in [-0.2, 0) is 6.54 Å². The minimum Gasteiger partial charge on any atom is -0.333 e. The Hall–Kier alpha value is -1.72. The Labute approximate surface area is 102 Å². The smallest absolute Gasteiger partial charge is 0.268 e. The van der Waals surface area contributed by atoms with Crippen molar-refractivity contribution in [3.8, 4) is 10.8 Å². The van der Waals surface area contributed by atoms with E-state index in [1.54, 1.807) is 11.3 Å². The molecule has 5 heteroatoms. The van der Waals surface area contributed by atoms with E-state index >= 15 is 0 Å². The van der Waals surface area contributed by atoms with Gasteiger partial charge in [-0.1, -0.05) is 23.4 Å². The molecular weight excluding hydrogens is 234 g/mol. The molecule has 0 spiro atoms. The minimum atomic E-state index is 0.594. The molecule has 4 nitrogen and oxygen atoms in total. The van der Waals surface area contributed by atoms with Gasteiger partial charge in [-0.25, -0.2) is 0 Å². The van der Waals surface area contributed by atoms with Gasteiger partial charge >= 0.3 is 0 Å². The van der Waals surface area contributed by atoms with E-state index < -0.39 is 0 Å². The first kappa shape index (κ1) is 10.4. The number of hydrogen-bond acceptors (Lipinski definition) is 5. The van der Waals surface area contributed by atoms with Crippen LogP contribution >= 0.6 is 11.3 Å². The first-order valence-electron chi connectivity index (χ1n) is 5.33. The number of hydrogen-bond donors (Lipinski definition) is 1. The third-order valence-electron chi connectivity index (χ3n) is 2.44. The molecule has 0 saturated carbocycles. The van der Waals surface area contributed by atoms with Gasteiger partial charge in [0.05, 0.1) is 11.4 Å². The van der Waals surface area contributed by atoms with Crippen molar-refractivity contribution in [2.45, 2.75) is 6.54 Å². The molecule has 0 aliphatic carbocycles. The van der Waals surface area contributed by atoms with Crippen molar-refractivity contribution in [2.24, 2.45) is 0 Å². The Morgan fingerprint density at radius 2 is 2.24 bits per heavy atom. The maximum atomic E-state index is 5.24. The van der Waals surface area contributed by atoms with Crippen LogP contribution in [0.3, 0.4) is 0 Å². The number of nitrogens with one attached hydrogen (secondary N) is 1. The third-order valence-corrected chi connectivity index (χ3v) is 3.54. The maximum absolute atomic E-state index is 5.24. The van der Waals surface area contributed by atoms with Gasteiger partial charge in [0.1, 0.15) is 0 Å². The van der Waals surface area contributed by atoms with Gasteiger partial charge in [-0.15, -0.1) is 11.3 Å². The van der Waals surface area contributed by atoms with E-state index in [2.05, 4.69) is 33.7 Å². The van der Waals surface area contributed by atoms with Crippen LogP contribution in [0.2, 0.25) is 0 Å². The Balaban J connectivity index is 2.01. The molecule has 17 heavy (non-hydrogen) atoms. The molecule has 1 aromatic carbocycles. The van der Waals surface area contributed by atoms with E-state index in [1.165, 1.54) is 10.1 Å². The Morgan fingerprint density at radius 1 is 1.35 bits per heavy atom. The minimum absolute atomic E-state index is 0.594.